The van der Waals surface area contributed by atoms with Crippen LogP contribution in [0.15, 0.2) is 53.0 Å². The smallest absolute Gasteiger partial charge is 0.102 e. The third-order valence-corrected chi connectivity index (χ3v) is 0.838. The topological polar surface area (TPSA) is 98.9 Å². The molecule has 0 aromatic heterocycles. The summed E-state index contributed by atoms with van der Waals surface area (Å²) in [5, 5.41) is 26.9. The largest absolute Gasteiger partial charge is 0.248 e. The fourth-order valence-electron chi connectivity index (χ4n) is 0.468. The minimum absolute atomic E-state index is 0. The predicted molar refractivity (Wildman–Crippen MR) is 38.0 cm³/mol. The molecule has 0 aromatic carbocycles. The van der Waals surface area contributed by atoms with Crippen molar-refractivity contribution < 1.29 is 0 Å². The van der Waals surface area contributed by atoms with Crippen molar-refractivity contribution >= 4 is 59.1 Å². The van der Waals surface area contributed by atoms with Crippen molar-refractivity contribution in [1.82, 2.24) is 0 Å². The normalized spacial score (nSPS) is 16.7. The van der Waals surface area contributed by atoms with Crippen molar-refractivity contribution in [2.24, 2.45) is 41.4 Å². The third kappa shape index (κ3) is 2.57. The Labute approximate surface area is 111 Å². The maximum absolute atomic E-state index is 3.48. The molecule has 2 aliphatic heterocycles. The van der Waals surface area contributed by atoms with Crippen LogP contribution in [0.1, 0.15) is 0 Å². The molecule has 2 aliphatic rings. The van der Waals surface area contributed by atoms with Gasteiger partial charge in [0.15, 0.2) is 0 Å². The monoisotopic (exact) mass is 182 g/mol. The molecule has 50 valence electrons. The summed E-state index contributed by atoms with van der Waals surface area (Å²) in [6, 6.07) is 0. The van der Waals surface area contributed by atoms with Gasteiger partial charge in [0, 0.05) is 59.1 Å². The number of nitrogens with zero attached hydrogens (tertiary/aromatic N) is 8. The van der Waals surface area contributed by atoms with Gasteiger partial charge in [-0.25, -0.2) is 0 Å². The van der Waals surface area contributed by atoms with Gasteiger partial charge in [-0.3, -0.25) is 0 Å². The Balaban J connectivity index is 0.000000605. The van der Waals surface area contributed by atoms with Crippen molar-refractivity contribution in [2.75, 3.05) is 0 Å². The first-order valence-corrected chi connectivity index (χ1v) is 2.34. The summed E-state index contributed by atoms with van der Waals surface area (Å²) in [5.41, 5.74) is 0. The Kier molecular flexibility index (Phi) is 5.80. The second-order valence-electron chi connectivity index (χ2n) is 1.40. The van der Waals surface area contributed by atoms with Crippen LogP contribution in [0.5, 0.6) is 0 Å². The minimum atomic E-state index is 0. The van der Waals surface area contributed by atoms with Gasteiger partial charge in [0.25, 0.3) is 0 Å². The first kappa shape index (κ1) is 12.1. The quantitative estimate of drug-likeness (QED) is 0.499. The Morgan fingerprint density at radius 3 is 1.00 bits per heavy atom. The minimum Gasteiger partial charge on any atom is -0.102 e. The van der Waals surface area contributed by atoms with Crippen LogP contribution in [0.3, 0.4) is 0 Å². The van der Waals surface area contributed by atoms with Crippen molar-refractivity contribution in [3.63, 3.8) is 0 Å². The van der Waals surface area contributed by atoms with Gasteiger partial charge in [0.05, 0.1) is 0 Å². The van der Waals surface area contributed by atoms with Crippen LogP contribution >= 0.6 is 0 Å². The third-order valence-electron chi connectivity index (χ3n) is 0.838. The molecule has 12 heavy (non-hydrogen) atoms. The van der Waals surface area contributed by atoms with Gasteiger partial charge in [-0.2, -0.15) is 0 Å². The molecule has 2 heterocycles. The molecule has 10 heteroatoms. The molecule has 0 saturated heterocycles. The fourth-order valence-corrected chi connectivity index (χ4v) is 0.468. The average molecular weight is 182 g/mol. The van der Waals surface area contributed by atoms with Gasteiger partial charge < -0.3 is 0 Å². The molecule has 0 amide bonds. The summed E-state index contributed by atoms with van der Waals surface area (Å²) in [6.45, 7) is 0. The van der Waals surface area contributed by atoms with Crippen molar-refractivity contribution in [1.29, 1.82) is 0 Å². The first-order chi connectivity index (χ1) is 4.97. The zero-order valence-corrected chi connectivity index (χ0v) is 10.6. The van der Waals surface area contributed by atoms with E-state index in [1.54, 1.807) is 0 Å². The molecule has 0 unspecified atom stereocenters. The van der Waals surface area contributed by atoms with Crippen molar-refractivity contribution in [3.05, 3.63) is 11.6 Å². The second-order valence-corrected chi connectivity index (χ2v) is 1.40. The van der Waals surface area contributed by atoms with E-state index < -0.39 is 0 Å². The summed E-state index contributed by atoms with van der Waals surface area (Å²) >= 11 is 0. The molecule has 0 aromatic rings. The molecule has 0 bridgehead atoms. The number of rotatable bonds is 0. The van der Waals surface area contributed by atoms with Crippen LogP contribution in [0.25, 0.3) is 0 Å². The van der Waals surface area contributed by atoms with Crippen LogP contribution in [-0.4, -0.2) is 59.1 Å². The Morgan fingerprint density at radius 1 is 0.500 bits per heavy atom. The summed E-state index contributed by atoms with van der Waals surface area (Å²) in [6.07, 6.45) is 0. The zero-order valence-electron chi connectivity index (χ0n) is 6.58. The van der Waals surface area contributed by atoms with Crippen molar-refractivity contribution in [3.8, 4) is 0 Å². The van der Waals surface area contributed by atoms with Crippen LogP contribution in [0, 0.1) is 0 Å². The second kappa shape index (κ2) is 5.73. The van der Waals surface area contributed by atoms with Crippen molar-refractivity contribution in [2.45, 2.75) is 0 Å². The van der Waals surface area contributed by atoms with E-state index in [0.717, 1.165) is 0 Å². The van der Waals surface area contributed by atoms with Crippen LogP contribution in [0.4, 0.5) is 0 Å². The van der Waals surface area contributed by atoms with Gasteiger partial charge in [-0.1, -0.05) is 0 Å². The van der Waals surface area contributed by atoms with Gasteiger partial charge in [-0.05, 0) is 20.9 Å². The Hall–Kier alpha value is 0.140. The summed E-state index contributed by atoms with van der Waals surface area (Å²) in [5.74, 6) is 0.481. The zero-order chi connectivity index (χ0) is 6.81. The standard InChI is InChI=1S/C2N8.2Na/c3-1(4-8-7-3)2-5-9-10-6-2;;. The van der Waals surface area contributed by atoms with E-state index in [0.29, 0.717) is 0 Å². The predicted octanol–water partition coefficient (Wildman–Crippen LogP) is 1.02. The summed E-state index contributed by atoms with van der Waals surface area (Å²) < 4.78 is 0. The Bertz CT molecular complexity index is 240. The molecule has 0 spiro atoms. The van der Waals surface area contributed by atoms with Crippen LogP contribution in [-0.2, 0) is 0 Å². The molecule has 0 atom stereocenters. The van der Waals surface area contributed by atoms with E-state index in [-0.39, 0.29) is 70.8 Å². The molecule has 2 rings (SSSR count). The molecule has 0 fully saturated rings. The first-order valence-electron chi connectivity index (χ1n) is 2.34. The SMILES string of the molecule is N1=NC(=C2N=NN=N2)N=N1.[Na].[Na]. The van der Waals surface area contributed by atoms with Gasteiger partial charge >= 0.3 is 0 Å². The maximum atomic E-state index is 3.48. The molecule has 0 N–H and O–H groups in total. The fraction of sp³-hybridized carbons (Fsp3) is 0. The van der Waals surface area contributed by atoms with E-state index in [1.165, 1.54) is 0 Å². The van der Waals surface area contributed by atoms with Gasteiger partial charge in [0.1, 0.15) is 0 Å². The van der Waals surface area contributed by atoms with Gasteiger partial charge in [-0.15, -0.1) is 20.5 Å². The molecule has 0 saturated carbocycles. The molecular formula is C2N8Na2. The Morgan fingerprint density at radius 2 is 0.750 bits per heavy atom. The van der Waals surface area contributed by atoms with E-state index in [9.17, 15) is 0 Å². The maximum Gasteiger partial charge on any atom is 0.248 e. The van der Waals surface area contributed by atoms with Gasteiger partial charge in [0.2, 0.25) is 11.6 Å². The molecule has 8 nitrogen and oxygen atoms in total. The van der Waals surface area contributed by atoms with E-state index in [2.05, 4.69) is 41.4 Å². The summed E-state index contributed by atoms with van der Waals surface area (Å²) in [7, 11) is 0. The molecule has 0 aliphatic carbocycles. The van der Waals surface area contributed by atoms with Crippen LogP contribution < -0.4 is 0 Å². The van der Waals surface area contributed by atoms with E-state index >= 15 is 0 Å². The van der Waals surface area contributed by atoms with E-state index in [1.807, 2.05) is 0 Å². The number of hydrogen-bond acceptors (Lipinski definition) is 8. The summed E-state index contributed by atoms with van der Waals surface area (Å²) in [4.78, 5) is 0. The van der Waals surface area contributed by atoms with E-state index in [4.69, 9.17) is 0 Å². The number of hydrogen-bond donors (Lipinski definition) is 0. The molecule has 2 radical (unpaired) electrons. The average Bonchev–Trinajstić information content (AvgIpc) is 2.59. The van der Waals surface area contributed by atoms with Crippen LogP contribution in [0.2, 0.25) is 0 Å². The molecular weight excluding hydrogens is 182 g/mol.